The van der Waals surface area contributed by atoms with Crippen LogP contribution in [0, 0.1) is 18.8 Å². The van der Waals surface area contributed by atoms with E-state index in [2.05, 4.69) is 5.32 Å². The highest BCUT2D eigenvalue weighted by Gasteiger charge is 2.40. The number of pyridine rings is 1. The Kier molecular flexibility index (Phi) is 3.25. The molecule has 0 saturated heterocycles. The standard InChI is InChI=1S/C15H22N2O/c1-11-3-2-4-14(18)17(11)10-9-16-15(12-5-6-12)13-7-8-13/h2-4,12-13,15-16H,5-10H2,1H3. The van der Waals surface area contributed by atoms with Crippen LogP contribution in [-0.4, -0.2) is 17.2 Å². The zero-order valence-corrected chi connectivity index (χ0v) is 11.1. The number of nitrogens with zero attached hydrogens (tertiary/aromatic N) is 1. The molecule has 2 aliphatic rings. The molecule has 0 spiro atoms. The molecule has 0 aromatic carbocycles. The molecule has 0 bridgehead atoms. The molecule has 2 aliphatic carbocycles. The lowest BCUT2D eigenvalue weighted by Crippen LogP contribution is -2.37. The van der Waals surface area contributed by atoms with Crippen molar-refractivity contribution in [1.29, 1.82) is 0 Å². The minimum absolute atomic E-state index is 0.117. The van der Waals surface area contributed by atoms with Crippen LogP contribution in [-0.2, 0) is 6.54 Å². The van der Waals surface area contributed by atoms with Crippen LogP contribution in [0.3, 0.4) is 0 Å². The molecule has 1 heterocycles. The number of nitrogens with one attached hydrogen (secondary N) is 1. The first kappa shape index (κ1) is 12.0. The van der Waals surface area contributed by atoms with Crippen molar-refractivity contribution < 1.29 is 0 Å². The highest BCUT2D eigenvalue weighted by atomic mass is 16.1. The molecule has 0 unspecified atom stereocenters. The molecule has 0 amide bonds. The molecule has 3 nitrogen and oxygen atoms in total. The van der Waals surface area contributed by atoms with Gasteiger partial charge in [-0.25, -0.2) is 0 Å². The monoisotopic (exact) mass is 246 g/mol. The fourth-order valence-electron chi connectivity index (χ4n) is 2.88. The minimum atomic E-state index is 0.117. The predicted octanol–water partition coefficient (Wildman–Crippen LogP) is 1.93. The summed E-state index contributed by atoms with van der Waals surface area (Å²) in [6.45, 7) is 3.71. The second kappa shape index (κ2) is 4.88. The fourth-order valence-corrected chi connectivity index (χ4v) is 2.88. The number of aromatic nitrogens is 1. The van der Waals surface area contributed by atoms with Gasteiger partial charge in [0.2, 0.25) is 0 Å². The Morgan fingerprint density at radius 1 is 1.28 bits per heavy atom. The molecule has 18 heavy (non-hydrogen) atoms. The second-order valence-electron chi connectivity index (χ2n) is 5.81. The summed E-state index contributed by atoms with van der Waals surface area (Å²) in [4.78, 5) is 11.7. The Balaban J connectivity index is 1.56. The van der Waals surface area contributed by atoms with Gasteiger partial charge in [-0.3, -0.25) is 4.79 Å². The molecule has 0 aliphatic heterocycles. The lowest BCUT2D eigenvalue weighted by Gasteiger charge is -2.18. The summed E-state index contributed by atoms with van der Waals surface area (Å²) in [5.41, 5.74) is 1.17. The summed E-state index contributed by atoms with van der Waals surface area (Å²) in [5.74, 6) is 1.84. The first-order valence-electron chi connectivity index (χ1n) is 7.15. The molecule has 3 rings (SSSR count). The molecule has 0 radical (unpaired) electrons. The third-order valence-corrected chi connectivity index (χ3v) is 4.24. The Hall–Kier alpha value is -1.09. The maximum Gasteiger partial charge on any atom is 0.250 e. The van der Waals surface area contributed by atoms with Crippen molar-refractivity contribution in [2.24, 2.45) is 11.8 Å². The maximum atomic E-state index is 11.7. The van der Waals surface area contributed by atoms with Crippen LogP contribution in [0.2, 0.25) is 0 Å². The Morgan fingerprint density at radius 3 is 2.50 bits per heavy atom. The van der Waals surface area contributed by atoms with E-state index in [9.17, 15) is 4.79 Å². The Bertz CT molecular complexity index is 460. The number of rotatable bonds is 6. The van der Waals surface area contributed by atoms with Gasteiger partial charge in [0.05, 0.1) is 0 Å². The lowest BCUT2D eigenvalue weighted by molar-refractivity contribution is 0.404. The Labute approximate surface area is 108 Å². The van der Waals surface area contributed by atoms with Crippen molar-refractivity contribution in [3.05, 3.63) is 34.2 Å². The van der Waals surface area contributed by atoms with Gasteiger partial charge in [-0.15, -0.1) is 0 Å². The summed E-state index contributed by atoms with van der Waals surface area (Å²) < 4.78 is 1.86. The molecule has 98 valence electrons. The summed E-state index contributed by atoms with van der Waals surface area (Å²) >= 11 is 0. The van der Waals surface area contributed by atoms with Gasteiger partial charge in [-0.1, -0.05) is 6.07 Å². The van der Waals surface area contributed by atoms with Gasteiger partial charge in [-0.2, -0.15) is 0 Å². The van der Waals surface area contributed by atoms with E-state index in [1.165, 1.54) is 25.7 Å². The molecule has 1 N–H and O–H groups in total. The molecule has 2 fully saturated rings. The second-order valence-corrected chi connectivity index (χ2v) is 5.81. The minimum Gasteiger partial charge on any atom is -0.312 e. The van der Waals surface area contributed by atoms with Crippen molar-refractivity contribution in [3.8, 4) is 0 Å². The Morgan fingerprint density at radius 2 is 1.94 bits per heavy atom. The number of hydrogen-bond acceptors (Lipinski definition) is 2. The van der Waals surface area contributed by atoms with E-state index in [0.29, 0.717) is 0 Å². The average Bonchev–Trinajstić information content (AvgIpc) is 3.21. The van der Waals surface area contributed by atoms with E-state index in [4.69, 9.17) is 0 Å². The molecule has 1 aromatic heterocycles. The van der Waals surface area contributed by atoms with Crippen LogP contribution >= 0.6 is 0 Å². The normalized spacial score (nSPS) is 19.4. The highest BCUT2D eigenvalue weighted by molar-refractivity contribution is 5.04. The molecule has 0 atom stereocenters. The van der Waals surface area contributed by atoms with Crippen LogP contribution in [0.15, 0.2) is 23.0 Å². The van der Waals surface area contributed by atoms with E-state index in [0.717, 1.165) is 36.7 Å². The van der Waals surface area contributed by atoms with Gasteiger partial charge in [0.25, 0.3) is 5.56 Å². The summed E-state index contributed by atoms with van der Waals surface area (Å²) in [7, 11) is 0. The first-order chi connectivity index (χ1) is 8.75. The van der Waals surface area contributed by atoms with Gasteiger partial charge in [0.1, 0.15) is 0 Å². The fraction of sp³-hybridized carbons (Fsp3) is 0.667. The molecule has 1 aromatic rings. The lowest BCUT2D eigenvalue weighted by atomic mass is 10.1. The van der Waals surface area contributed by atoms with Crippen molar-refractivity contribution in [2.45, 2.75) is 45.2 Å². The number of hydrogen-bond donors (Lipinski definition) is 1. The zero-order valence-electron chi connectivity index (χ0n) is 11.1. The molecular weight excluding hydrogens is 224 g/mol. The predicted molar refractivity (Wildman–Crippen MR) is 72.7 cm³/mol. The first-order valence-corrected chi connectivity index (χ1v) is 7.15. The van der Waals surface area contributed by atoms with Crippen LogP contribution in [0.4, 0.5) is 0 Å². The van der Waals surface area contributed by atoms with Gasteiger partial charge in [0.15, 0.2) is 0 Å². The summed E-state index contributed by atoms with van der Waals surface area (Å²) in [5, 5.41) is 3.69. The SMILES string of the molecule is Cc1cccc(=O)n1CCNC(C1CC1)C1CC1. The highest BCUT2D eigenvalue weighted by Crippen LogP contribution is 2.44. The van der Waals surface area contributed by atoms with Gasteiger partial charge in [0, 0.05) is 30.9 Å². The molecule has 2 saturated carbocycles. The van der Waals surface area contributed by atoms with E-state index >= 15 is 0 Å². The van der Waals surface area contributed by atoms with E-state index in [-0.39, 0.29) is 5.56 Å². The average molecular weight is 246 g/mol. The zero-order chi connectivity index (χ0) is 12.5. The maximum absolute atomic E-state index is 11.7. The van der Waals surface area contributed by atoms with E-state index in [1.54, 1.807) is 6.07 Å². The number of aryl methyl sites for hydroxylation is 1. The topological polar surface area (TPSA) is 34.0 Å². The van der Waals surface area contributed by atoms with Crippen LogP contribution < -0.4 is 10.9 Å². The van der Waals surface area contributed by atoms with Crippen LogP contribution in [0.5, 0.6) is 0 Å². The largest absolute Gasteiger partial charge is 0.312 e. The van der Waals surface area contributed by atoms with Gasteiger partial charge in [-0.05, 0) is 50.5 Å². The van der Waals surface area contributed by atoms with Crippen molar-refractivity contribution in [2.75, 3.05) is 6.54 Å². The molecule has 3 heteroatoms. The third-order valence-electron chi connectivity index (χ3n) is 4.24. The van der Waals surface area contributed by atoms with Crippen molar-refractivity contribution in [1.82, 2.24) is 9.88 Å². The van der Waals surface area contributed by atoms with E-state index < -0.39 is 0 Å². The van der Waals surface area contributed by atoms with Crippen molar-refractivity contribution in [3.63, 3.8) is 0 Å². The van der Waals surface area contributed by atoms with Crippen molar-refractivity contribution >= 4 is 0 Å². The summed E-state index contributed by atoms with van der Waals surface area (Å²) in [6.07, 6.45) is 5.61. The smallest absolute Gasteiger partial charge is 0.250 e. The van der Waals surface area contributed by atoms with Gasteiger partial charge < -0.3 is 9.88 Å². The van der Waals surface area contributed by atoms with E-state index in [1.807, 2.05) is 23.6 Å². The quantitative estimate of drug-likeness (QED) is 0.832. The van der Waals surface area contributed by atoms with Crippen LogP contribution in [0.25, 0.3) is 0 Å². The van der Waals surface area contributed by atoms with Crippen LogP contribution in [0.1, 0.15) is 31.4 Å². The molecular formula is C15H22N2O. The van der Waals surface area contributed by atoms with Gasteiger partial charge >= 0.3 is 0 Å². The third kappa shape index (κ3) is 2.66. The summed E-state index contributed by atoms with van der Waals surface area (Å²) in [6, 6.07) is 6.20.